The van der Waals surface area contributed by atoms with E-state index < -0.39 is 11.9 Å². The minimum atomic E-state index is -1.27. The Morgan fingerprint density at radius 2 is 1.75 bits per heavy atom. The van der Waals surface area contributed by atoms with Gasteiger partial charge in [0.2, 0.25) is 0 Å². The van der Waals surface area contributed by atoms with Crippen molar-refractivity contribution in [1.82, 2.24) is 4.98 Å². The number of aliphatic carboxylic acids is 1. The summed E-state index contributed by atoms with van der Waals surface area (Å²) >= 11 is 0. The lowest BCUT2D eigenvalue weighted by Crippen LogP contribution is -2.16. The Kier molecular flexibility index (Phi) is 3.85. The van der Waals surface area contributed by atoms with Crippen molar-refractivity contribution in [3.63, 3.8) is 0 Å². The second kappa shape index (κ2) is 5.75. The predicted molar refractivity (Wildman–Crippen MR) is 71.5 cm³/mol. The van der Waals surface area contributed by atoms with E-state index >= 15 is 0 Å². The molecule has 1 aromatic carbocycles. The summed E-state index contributed by atoms with van der Waals surface area (Å²) in [5.74, 6) is -2.43. The molecule has 100 valence electrons. The average Bonchev–Trinajstić information content (AvgIpc) is 2.45. The number of aromatic carboxylic acids is 1. The minimum Gasteiger partial charge on any atom is -0.478 e. The van der Waals surface area contributed by atoms with Crippen LogP contribution in [0.15, 0.2) is 53.7 Å². The van der Waals surface area contributed by atoms with Gasteiger partial charge < -0.3 is 10.2 Å². The summed E-state index contributed by atoms with van der Waals surface area (Å²) in [6.07, 6.45) is 1.24. The highest BCUT2D eigenvalue weighted by molar-refractivity contribution is 6.42. The number of aliphatic imine (C=N–C) groups is 1. The number of nitrogens with zero attached hydrogens (tertiary/aromatic N) is 2. The summed E-state index contributed by atoms with van der Waals surface area (Å²) in [7, 11) is 0. The Morgan fingerprint density at radius 3 is 2.35 bits per heavy atom. The van der Waals surface area contributed by atoms with Gasteiger partial charge in [-0.2, -0.15) is 0 Å². The fourth-order valence-electron chi connectivity index (χ4n) is 1.54. The van der Waals surface area contributed by atoms with Crippen LogP contribution in [0.4, 0.5) is 5.69 Å². The van der Waals surface area contributed by atoms with E-state index in [1.165, 1.54) is 18.3 Å². The minimum absolute atomic E-state index is 0.00116. The van der Waals surface area contributed by atoms with Gasteiger partial charge in [-0.15, -0.1) is 0 Å². The standard InChI is InChI=1S/C14H10N2O4/c17-13(18)9-6-7-15-11(8-9)12(14(19)20)16-10-4-2-1-3-5-10/h1-8H,(H,17,18)(H,19,20). The molecule has 0 amide bonds. The third-order valence-electron chi connectivity index (χ3n) is 2.45. The zero-order chi connectivity index (χ0) is 14.5. The van der Waals surface area contributed by atoms with Crippen molar-refractivity contribution in [1.29, 1.82) is 0 Å². The molecule has 0 aliphatic heterocycles. The number of aromatic nitrogens is 1. The van der Waals surface area contributed by atoms with Gasteiger partial charge in [-0.05, 0) is 24.3 Å². The van der Waals surface area contributed by atoms with Crippen molar-refractivity contribution in [3.05, 3.63) is 59.9 Å². The van der Waals surface area contributed by atoms with Gasteiger partial charge in [-0.1, -0.05) is 18.2 Å². The molecule has 0 atom stereocenters. The van der Waals surface area contributed by atoms with E-state index in [1.54, 1.807) is 30.3 Å². The van der Waals surface area contributed by atoms with Crippen LogP contribution >= 0.6 is 0 Å². The lowest BCUT2D eigenvalue weighted by Gasteiger charge is -2.02. The van der Waals surface area contributed by atoms with Crippen molar-refractivity contribution in [3.8, 4) is 0 Å². The fourth-order valence-corrected chi connectivity index (χ4v) is 1.54. The van der Waals surface area contributed by atoms with Crippen LogP contribution < -0.4 is 0 Å². The van der Waals surface area contributed by atoms with E-state index in [4.69, 9.17) is 5.11 Å². The average molecular weight is 270 g/mol. The van der Waals surface area contributed by atoms with Gasteiger partial charge in [0.1, 0.15) is 0 Å². The molecular formula is C14H10N2O4. The molecule has 0 spiro atoms. The maximum Gasteiger partial charge on any atom is 0.356 e. The van der Waals surface area contributed by atoms with Crippen LogP contribution in [0.5, 0.6) is 0 Å². The molecule has 20 heavy (non-hydrogen) atoms. The van der Waals surface area contributed by atoms with Gasteiger partial charge in [0, 0.05) is 6.20 Å². The van der Waals surface area contributed by atoms with Crippen LogP contribution in [0, 0.1) is 0 Å². The van der Waals surface area contributed by atoms with Gasteiger partial charge in [0.15, 0.2) is 5.71 Å². The Bertz CT molecular complexity index is 681. The SMILES string of the molecule is O=C(O)C(=Nc1ccccc1)c1cc(C(=O)O)ccn1. The van der Waals surface area contributed by atoms with E-state index in [-0.39, 0.29) is 17.0 Å². The highest BCUT2D eigenvalue weighted by Crippen LogP contribution is 2.13. The lowest BCUT2D eigenvalue weighted by molar-refractivity contribution is -0.129. The van der Waals surface area contributed by atoms with Gasteiger partial charge in [-0.25, -0.2) is 14.6 Å². The summed E-state index contributed by atoms with van der Waals surface area (Å²) in [4.78, 5) is 30.0. The number of rotatable bonds is 4. The molecule has 1 heterocycles. The number of carboxylic acids is 2. The summed E-state index contributed by atoms with van der Waals surface area (Å²) in [5.41, 5.74) is 0.102. The maximum absolute atomic E-state index is 11.3. The van der Waals surface area contributed by atoms with Gasteiger partial charge >= 0.3 is 11.9 Å². The first kappa shape index (κ1) is 13.4. The summed E-state index contributed by atoms with van der Waals surface area (Å²) in [6.45, 7) is 0. The monoisotopic (exact) mass is 270 g/mol. The molecule has 0 aliphatic carbocycles. The van der Waals surface area contributed by atoms with Crippen LogP contribution in [0.2, 0.25) is 0 Å². The third kappa shape index (κ3) is 3.05. The smallest absolute Gasteiger partial charge is 0.356 e. The molecule has 2 rings (SSSR count). The lowest BCUT2D eigenvalue weighted by atomic mass is 10.1. The molecule has 0 aliphatic rings. The van der Waals surface area contributed by atoms with Crippen molar-refractivity contribution >= 4 is 23.3 Å². The summed E-state index contributed by atoms with van der Waals surface area (Å²) < 4.78 is 0. The molecule has 1 aromatic heterocycles. The van der Waals surface area contributed by atoms with E-state index in [0.717, 1.165) is 0 Å². The number of para-hydroxylation sites is 1. The number of carbonyl (C=O) groups is 2. The number of pyridine rings is 1. The Balaban J connectivity index is 2.49. The first-order valence-electron chi connectivity index (χ1n) is 5.64. The normalized spacial score (nSPS) is 11.1. The van der Waals surface area contributed by atoms with Crippen molar-refractivity contribution in [2.45, 2.75) is 0 Å². The predicted octanol–water partition coefficient (Wildman–Crippen LogP) is 1.99. The van der Waals surface area contributed by atoms with E-state index in [9.17, 15) is 14.7 Å². The molecule has 0 saturated carbocycles. The number of hydrogen-bond acceptors (Lipinski definition) is 4. The highest BCUT2D eigenvalue weighted by Gasteiger charge is 2.16. The molecule has 6 nitrogen and oxygen atoms in total. The second-order valence-corrected chi connectivity index (χ2v) is 3.84. The van der Waals surface area contributed by atoms with E-state index in [2.05, 4.69) is 9.98 Å². The number of benzene rings is 1. The van der Waals surface area contributed by atoms with Gasteiger partial charge in [0.05, 0.1) is 16.9 Å². The quantitative estimate of drug-likeness (QED) is 0.827. The van der Waals surface area contributed by atoms with Gasteiger partial charge in [-0.3, -0.25) is 4.98 Å². The number of carboxylic acid groups (broad SMARTS) is 2. The Morgan fingerprint density at radius 1 is 1.05 bits per heavy atom. The molecule has 2 aromatic rings. The van der Waals surface area contributed by atoms with Crippen LogP contribution in [-0.2, 0) is 4.79 Å². The molecule has 2 N–H and O–H groups in total. The van der Waals surface area contributed by atoms with E-state index in [0.29, 0.717) is 5.69 Å². The Labute approximate surface area is 114 Å². The van der Waals surface area contributed by atoms with Crippen LogP contribution in [0.1, 0.15) is 16.1 Å². The van der Waals surface area contributed by atoms with Crippen molar-refractivity contribution in [2.75, 3.05) is 0 Å². The molecule has 0 radical (unpaired) electrons. The highest BCUT2D eigenvalue weighted by atomic mass is 16.4. The van der Waals surface area contributed by atoms with Crippen LogP contribution in [0.3, 0.4) is 0 Å². The summed E-state index contributed by atoms with van der Waals surface area (Å²) in [6, 6.07) is 11.0. The third-order valence-corrected chi connectivity index (χ3v) is 2.45. The van der Waals surface area contributed by atoms with Crippen molar-refractivity contribution < 1.29 is 19.8 Å². The van der Waals surface area contributed by atoms with Crippen LogP contribution in [0.25, 0.3) is 0 Å². The zero-order valence-electron chi connectivity index (χ0n) is 10.2. The zero-order valence-corrected chi connectivity index (χ0v) is 10.2. The fraction of sp³-hybridized carbons (Fsp3) is 0. The van der Waals surface area contributed by atoms with Crippen LogP contribution in [-0.4, -0.2) is 32.8 Å². The topological polar surface area (TPSA) is 99.8 Å². The second-order valence-electron chi connectivity index (χ2n) is 3.84. The number of hydrogen-bond donors (Lipinski definition) is 2. The van der Waals surface area contributed by atoms with E-state index in [1.807, 2.05) is 0 Å². The first-order chi connectivity index (χ1) is 9.58. The Hall–Kier alpha value is -3.02. The summed E-state index contributed by atoms with van der Waals surface area (Å²) in [5, 5.41) is 18.1. The molecule has 0 unspecified atom stereocenters. The largest absolute Gasteiger partial charge is 0.478 e. The molecule has 0 bridgehead atoms. The molecule has 0 saturated heterocycles. The molecule has 0 fully saturated rings. The maximum atomic E-state index is 11.3. The van der Waals surface area contributed by atoms with Crippen molar-refractivity contribution in [2.24, 2.45) is 4.99 Å². The van der Waals surface area contributed by atoms with Gasteiger partial charge in [0.25, 0.3) is 0 Å². The first-order valence-corrected chi connectivity index (χ1v) is 5.64. The molecule has 6 heteroatoms. The molecular weight excluding hydrogens is 260 g/mol.